The van der Waals surface area contributed by atoms with Crippen molar-refractivity contribution in [3.8, 4) is 16.9 Å². The minimum absolute atomic E-state index is 0.189. The number of carbonyl (C=O) groups excluding carboxylic acids is 1. The van der Waals surface area contributed by atoms with Crippen LogP contribution in [-0.4, -0.2) is 5.97 Å². The Kier molecular flexibility index (Phi) is 4.07. The van der Waals surface area contributed by atoms with Crippen molar-refractivity contribution < 1.29 is 13.9 Å². The van der Waals surface area contributed by atoms with Gasteiger partial charge in [0.2, 0.25) is 0 Å². The van der Waals surface area contributed by atoms with E-state index in [0.29, 0.717) is 16.5 Å². The molecule has 0 saturated carbocycles. The molecule has 1 heterocycles. The van der Waals surface area contributed by atoms with E-state index in [1.807, 2.05) is 42.5 Å². The van der Waals surface area contributed by atoms with E-state index >= 15 is 0 Å². The summed E-state index contributed by atoms with van der Waals surface area (Å²) in [6.07, 6.45) is 0. The van der Waals surface area contributed by atoms with Crippen LogP contribution < -0.4 is 10.4 Å². The van der Waals surface area contributed by atoms with Crippen LogP contribution in [0.1, 0.15) is 10.4 Å². The lowest BCUT2D eigenvalue weighted by Gasteiger charge is -2.07. The fraction of sp³-hybridized carbons (Fsp3) is 0. The van der Waals surface area contributed by atoms with Crippen LogP contribution in [0.4, 0.5) is 0 Å². The molecule has 126 valence electrons. The number of para-hydroxylation sites is 1. The van der Waals surface area contributed by atoms with Crippen LogP contribution in [0.15, 0.2) is 94.1 Å². The number of ether oxygens (including phenoxy) is 1. The molecular weight excluding hydrogens is 328 g/mol. The molecule has 0 aliphatic heterocycles. The lowest BCUT2D eigenvalue weighted by atomic mass is 10.0. The summed E-state index contributed by atoms with van der Waals surface area (Å²) in [6.45, 7) is 0. The molecule has 4 nitrogen and oxygen atoms in total. The molecule has 0 atom stereocenters. The minimum atomic E-state index is -0.564. The Morgan fingerprint density at radius 2 is 1.42 bits per heavy atom. The van der Waals surface area contributed by atoms with E-state index in [2.05, 4.69) is 0 Å². The van der Waals surface area contributed by atoms with Crippen LogP contribution in [0.2, 0.25) is 0 Å². The number of carbonyl (C=O) groups is 1. The molecule has 0 aliphatic rings. The quantitative estimate of drug-likeness (QED) is 0.401. The summed E-state index contributed by atoms with van der Waals surface area (Å²) < 4.78 is 10.5. The van der Waals surface area contributed by atoms with Crippen molar-refractivity contribution in [1.29, 1.82) is 0 Å². The minimum Gasteiger partial charge on any atom is -0.422 e. The van der Waals surface area contributed by atoms with Crippen LogP contribution in [0.25, 0.3) is 22.1 Å². The van der Waals surface area contributed by atoms with Crippen molar-refractivity contribution in [2.45, 2.75) is 0 Å². The van der Waals surface area contributed by atoms with Gasteiger partial charge in [0.15, 0.2) is 0 Å². The highest BCUT2D eigenvalue weighted by molar-refractivity contribution is 5.94. The summed E-state index contributed by atoms with van der Waals surface area (Å²) in [5, 5.41) is 0.571. The first kappa shape index (κ1) is 15.8. The zero-order valence-corrected chi connectivity index (χ0v) is 13.7. The molecule has 4 rings (SSSR count). The van der Waals surface area contributed by atoms with Crippen molar-refractivity contribution >= 4 is 16.9 Å². The Labute approximate surface area is 149 Å². The normalized spacial score (nSPS) is 10.6. The van der Waals surface area contributed by atoms with Gasteiger partial charge in [0.25, 0.3) is 0 Å². The van der Waals surface area contributed by atoms with Crippen molar-refractivity contribution in [1.82, 2.24) is 0 Å². The number of hydrogen-bond acceptors (Lipinski definition) is 4. The highest BCUT2D eigenvalue weighted by Crippen LogP contribution is 2.25. The van der Waals surface area contributed by atoms with Gasteiger partial charge < -0.3 is 9.15 Å². The largest absolute Gasteiger partial charge is 0.422 e. The number of hydrogen-bond donors (Lipinski definition) is 0. The zero-order valence-electron chi connectivity index (χ0n) is 13.7. The van der Waals surface area contributed by atoms with Gasteiger partial charge in [-0.1, -0.05) is 54.6 Å². The van der Waals surface area contributed by atoms with Gasteiger partial charge in [0, 0.05) is 0 Å². The SMILES string of the molecule is O=C(Oc1cc(=O)oc2ccccc12)c1ccc(-c2ccccc2)cc1. The third-order valence-electron chi connectivity index (χ3n) is 4.04. The molecule has 0 amide bonds. The molecule has 0 fully saturated rings. The fourth-order valence-corrected chi connectivity index (χ4v) is 2.75. The van der Waals surface area contributed by atoms with Crippen molar-refractivity contribution in [2.75, 3.05) is 0 Å². The van der Waals surface area contributed by atoms with Crippen LogP contribution in [0, 0.1) is 0 Å². The summed E-state index contributed by atoms with van der Waals surface area (Å²) >= 11 is 0. The molecule has 4 heteroatoms. The molecule has 26 heavy (non-hydrogen) atoms. The summed E-state index contributed by atoms with van der Waals surface area (Å²) in [5.74, 6) is -0.339. The molecule has 0 spiro atoms. The van der Waals surface area contributed by atoms with Gasteiger partial charge in [-0.05, 0) is 35.4 Å². The zero-order chi connectivity index (χ0) is 17.9. The maximum Gasteiger partial charge on any atom is 0.343 e. The van der Waals surface area contributed by atoms with Crippen molar-refractivity contribution in [3.63, 3.8) is 0 Å². The van der Waals surface area contributed by atoms with Crippen molar-refractivity contribution in [3.05, 3.63) is 101 Å². The molecule has 0 unspecified atom stereocenters. The van der Waals surface area contributed by atoms with E-state index < -0.39 is 11.6 Å². The molecule has 0 aliphatic carbocycles. The van der Waals surface area contributed by atoms with Crippen LogP contribution in [0.3, 0.4) is 0 Å². The van der Waals surface area contributed by atoms with E-state index in [-0.39, 0.29) is 5.75 Å². The molecule has 4 aromatic rings. The van der Waals surface area contributed by atoms with Gasteiger partial charge in [-0.3, -0.25) is 0 Å². The van der Waals surface area contributed by atoms with Crippen LogP contribution in [0.5, 0.6) is 5.75 Å². The van der Waals surface area contributed by atoms with Gasteiger partial charge in [0.05, 0.1) is 17.0 Å². The van der Waals surface area contributed by atoms with Gasteiger partial charge in [-0.2, -0.15) is 0 Å². The Balaban J connectivity index is 1.62. The standard InChI is InChI=1S/C22H14O4/c23-21-14-20(18-8-4-5-9-19(18)25-21)26-22(24)17-12-10-16(11-13-17)15-6-2-1-3-7-15/h1-14H. The Morgan fingerprint density at radius 1 is 0.769 bits per heavy atom. The first-order valence-electron chi connectivity index (χ1n) is 8.11. The van der Waals surface area contributed by atoms with E-state index in [1.165, 1.54) is 6.07 Å². The molecule has 0 radical (unpaired) electrons. The first-order chi connectivity index (χ1) is 12.7. The summed E-state index contributed by atoms with van der Waals surface area (Å²) in [6, 6.07) is 25.1. The highest BCUT2D eigenvalue weighted by atomic mass is 16.5. The number of benzene rings is 3. The van der Waals surface area contributed by atoms with Crippen LogP contribution >= 0.6 is 0 Å². The van der Waals surface area contributed by atoms with E-state index in [1.54, 1.807) is 36.4 Å². The summed E-state index contributed by atoms with van der Waals surface area (Å²) in [7, 11) is 0. The molecule has 3 aromatic carbocycles. The monoisotopic (exact) mass is 342 g/mol. The topological polar surface area (TPSA) is 56.5 Å². The lowest BCUT2D eigenvalue weighted by molar-refractivity contribution is 0.0736. The third kappa shape index (κ3) is 3.13. The van der Waals surface area contributed by atoms with Gasteiger partial charge in [-0.15, -0.1) is 0 Å². The number of fused-ring (bicyclic) bond motifs is 1. The second-order valence-corrected chi connectivity index (χ2v) is 5.76. The number of esters is 1. The maximum atomic E-state index is 12.5. The first-order valence-corrected chi connectivity index (χ1v) is 8.11. The van der Waals surface area contributed by atoms with E-state index in [0.717, 1.165) is 11.1 Å². The maximum absolute atomic E-state index is 12.5. The fourth-order valence-electron chi connectivity index (χ4n) is 2.75. The predicted octanol–water partition coefficient (Wildman–Crippen LogP) is 4.68. The summed E-state index contributed by atoms with van der Waals surface area (Å²) in [4.78, 5) is 24.1. The predicted molar refractivity (Wildman–Crippen MR) is 99.3 cm³/mol. The van der Waals surface area contributed by atoms with E-state index in [9.17, 15) is 9.59 Å². The smallest absolute Gasteiger partial charge is 0.343 e. The van der Waals surface area contributed by atoms with Gasteiger partial charge in [-0.25, -0.2) is 9.59 Å². The second-order valence-electron chi connectivity index (χ2n) is 5.76. The van der Waals surface area contributed by atoms with E-state index in [4.69, 9.17) is 9.15 Å². The van der Waals surface area contributed by atoms with Gasteiger partial charge >= 0.3 is 11.6 Å². The number of rotatable bonds is 3. The molecule has 0 saturated heterocycles. The average molecular weight is 342 g/mol. The molecule has 1 aromatic heterocycles. The van der Waals surface area contributed by atoms with Gasteiger partial charge in [0.1, 0.15) is 11.3 Å². The average Bonchev–Trinajstić information content (AvgIpc) is 2.68. The third-order valence-corrected chi connectivity index (χ3v) is 4.04. The second kappa shape index (κ2) is 6.69. The Bertz CT molecular complexity index is 1130. The Morgan fingerprint density at radius 3 is 2.19 bits per heavy atom. The Hall–Kier alpha value is -3.66. The lowest BCUT2D eigenvalue weighted by Crippen LogP contribution is -2.10. The molecule has 0 N–H and O–H groups in total. The van der Waals surface area contributed by atoms with Crippen molar-refractivity contribution in [2.24, 2.45) is 0 Å². The molecular formula is C22H14O4. The molecule has 0 bridgehead atoms. The summed E-state index contributed by atoms with van der Waals surface area (Å²) in [5.41, 5.74) is 2.29. The highest BCUT2D eigenvalue weighted by Gasteiger charge is 2.13. The van der Waals surface area contributed by atoms with Crippen LogP contribution in [-0.2, 0) is 0 Å².